The molecular formula is C22H26N2O2. The molecule has 4 heteroatoms. The number of benzene rings is 2. The minimum Gasteiger partial charge on any atom is -0.341 e. The molecule has 2 amide bonds. The van der Waals surface area contributed by atoms with E-state index in [0.29, 0.717) is 19.3 Å². The van der Waals surface area contributed by atoms with Gasteiger partial charge >= 0.3 is 0 Å². The van der Waals surface area contributed by atoms with Gasteiger partial charge in [-0.3, -0.25) is 9.59 Å². The third-order valence-electron chi connectivity index (χ3n) is 5.00. The molecule has 0 bridgehead atoms. The summed E-state index contributed by atoms with van der Waals surface area (Å²) in [4.78, 5) is 25.7. The van der Waals surface area contributed by atoms with Crippen molar-refractivity contribution in [3.8, 4) is 0 Å². The zero-order valence-electron chi connectivity index (χ0n) is 15.3. The Balaban J connectivity index is 1.73. The van der Waals surface area contributed by atoms with Crippen LogP contribution in [0.4, 0.5) is 5.69 Å². The average molecular weight is 350 g/mol. The van der Waals surface area contributed by atoms with E-state index in [0.717, 1.165) is 36.1 Å². The third-order valence-corrected chi connectivity index (χ3v) is 5.00. The molecule has 1 fully saturated rings. The van der Waals surface area contributed by atoms with Crippen molar-refractivity contribution in [3.05, 3.63) is 65.7 Å². The normalized spacial score (nSPS) is 15.9. The SMILES string of the molecule is Cc1cccc(NC(=O)C2(NC(=O)Cc3ccccc3)CCCCC2)c1. The first-order chi connectivity index (χ1) is 12.6. The molecule has 0 spiro atoms. The molecule has 0 aliphatic heterocycles. The second-order valence-corrected chi connectivity index (χ2v) is 7.18. The lowest BCUT2D eigenvalue weighted by molar-refractivity contribution is -0.131. The van der Waals surface area contributed by atoms with Crippen molar-refractivity contribution in [3.63, 3.8) is 0 Å². The van der Waals surface area contributed by atoms with Gasteiger partial charge in [-0.1, -0.05) is 61.7 Å². The zero-order valence-corrected chi connectivity index (χ0v) is 15.3. The largest absolute Gasteiger partial charge is 0.341 e. The van der Waals surface area contributed by atoms with Crippen LogP contribution in [0, 0.1) is 6.92 Å². The number of aryl methyl sites for hydroxylation is 1. The summed E-state index contributed by atoms with van der Waals surface area (Å²) in [6.07, 6.45) is 4.67. The lowest BCUT2D eigenvalue weighted by Crippen LogP contribution is -2.58. The van der Waals surface area contributed by atoms with Gasteiger partial charge in [0.25, 0.3) is 0 Å². The fourth-order valence-electron chi connectivity index (χ4n) is 3.63. The van der Waals surface area contributed by atoms with Crippen molar-refractivity contribution in [1.82, 2.24) is 5.32 Å². The Morgan fingerprint density at radius 1 is 0.962 bits per heavy atom. The minimum absolute atomic E-state index is 0.0995. The van der Waals surface area contributed by atoms with Crippen molar-refractivity contribution in [1.29, 1.82) is 0 Å². The van der Waals surface area contributed by atoms with Gasteiger partial charge in [-0.15, -0.1) is 0 Å². The predicted octanol–water partition coefficient (Wildman–Crippen LogP) is 4.00. The number of hydrogen-bond donors (Lipinski definition) is 2. The molecule has 136 valence electrons. The molecule has 2 aromatic carbocycles. The molecular weight excluding hydrogens is 324 g/mol. The highest BCUT2D eigenvalue weighted by molar-refractivity contribution is 6.00. The van der Waals surface area contributed by atoms with Crippen LogP contribution in [0.25, 0.3) is 0 Å². The van der Waals surface area contributed by atoms with Gasteiger partial charge in [-0.25, -0.2) is 0 Å². The highest BCUT2D eigenvalue weighted by Crippen LogP contribution is 2.30. The molecule has 3 rings (SSSR count). The van der Waals surface area contributed by atoms with Gasteiger partial charge in [0.05, 0.1) is 6.42 Å². The van der Waals surface area contributed by atoms with Gasteiger partial charge in [0.2, 0.25) is 11.8 Å². The Kier molecular flexibility index (Phi) is 5.71. The van der Waals surface area contributed by atoms with Crippen LogP contribution in [0.1, 0.15) is 43.2 Å². The van der Waals surface area contributed by atoms with Gasteiger partial charge in [-0.2, -0.15) is 0 Å². The second-order valence-electron chi connectivity index (χ2n) is 7.18. The van der Waals surface area contributed by atoms with Crippen LogP contribution in [0.5, 0.6) is 0 Å². The Morgan fingerprint density at radius 3 is 2.38 bits per heavy atom. The van der Waals surface area contributed by atoms with E-state index in [1.165, 1.54) is 0 Å². The summed E-state index contributed by atoms with van der Waals surface area (Å²) in [5.74, 6) is -0.207. The molecule has 1 saturated carbocycles. The lowest BCUT2D eigenvalue weighted by Gasteiger charge is -2.36. The number of rotatable bonds is 5. The summed E-state index contributed by atoms with van der Waals surface area (Å²) in [5, 5.41) is 6.07. The van der Waals surface area contributed by atoms with Gasteiger partial charge in [0.1, 0.15) is 5.54 Å². The van der Waals surface area contributed by atoms with E-state index in [1.807, 2.05) is 61.5 Å². The zero-order chi connectivity index (χ0) is 18.4. The fourth-order valence-corrected chi connectivity index (χ4v) is 3.63. The quantitative estimate of drug-likeness (QED) is 0.856. The van der Waals surface area contributed by atoms with Crippen LogP contribution in [-0.2, 0) is 16.0 Å². The van der Waals surface area contributed by atoms with E-state index < -0.39 is 5.54 Å². The topological polar surface area (TPSA) is 58.2 Å². The van der Waals surface area contributed by atoms with Crippen LogP contribution in [0.15, 0.2) is 54.6 Å². The average Bonchev–Trinajstić information content (AvgIpc) is 2.63. The first-order valence-electron chi connectivity index (χ1n) is 9.30. The molecule has 1 aliphatic rings. The van der Waals surface area contributed by atoms with Crippen LogP contribution >= 0.6 is 0 Å². The van der Waals surface area contributed by atoms with Gasteiger partial charge in [-0.05, 0) is 43.0 Å². The first kappa shape index (κ1) is 18.2. The Bertz CT molecular complexity index is 765. The first-order valence-corrected chi connectivity index (χ1v) is 9.30. The van der Waals surface area contributed by atoms with Crippen LogP contribution in [-0.4, -0.2) is 17.4 Å². The van der Waals surface area contributed by atoms with Crippen LogP contribution < -0.4 is 10.6 Å². The van der Waals surface area contributed by atoms with Crippen molar-refractivity contribution in [2.24, 2.45) is 0 Å². The maximum absolute atomic E-state index is 13.1. The molecule has 4 nitrogen and oxygen atoms in total. The molecule has 0 radical (unpaired) electrons. The maximum atomic E-state index is 13.1. The second kappa shape index (κ2) is 8.17. The van der Waals surface area contributed by atoms with Crippen LogP contribution in [0.3, 0.4) is 0 Å². The summed E-state index contributed by atoms with van der Waals surface area (Å²) in [6, 6.07) is 17.4. The molecule has 0 unspecified atom stereocenters. The summed E-state index contributed by atoms with van der Waals surface area (Å²) >= 11 is 0. The predicted molar refractivity (Wildman–Crippen MR) is 104 cm³/mol. The molecule has 0 heterocycles. The highest BCUT2D eigenvalue weighted by Gasteiger charge is 2.40. The van der Waals surface area contributed by atoms with Gasteiger partial charge in [0.15, 0.2) is 0 Å². The van der Waals surface area contributed by atoms with E-state index in [1.54, 1.807) is 0 Å². The lowest BCUT2D eigenvalue weighted by atomic mass is 9.80. The van der Waals surface area contributed by atoms with Gasteiger partial charge < -0.3 is 10.6 Å². The van der Waals surface area contributed by atoms with Crippen molar-refractivity contribution in [2.75, 3.05) is 5.32 Å². The smallest absolute Gasteiger partial charge is 0.250 e. The van der Waals surface area contributed by atoms with E-state index in [4.69, 9.17) is 0 Å². The van der Waals surface area contributed by atoms with E-state index in [-0.39, 0.29) is 11.8 Å². The molecule has 1 aliphatic carbocycles. The summed E-state index contributed by atoms with van der Waals surface area (Å²) in [7, 11) is 0. The number of anilines is 1. The van der Waals surface area contributed by atoms with Crippen molar-refractivity contribution >= 4 is 17.5 Å². The number of amides is 2. The molecule has 2 aromatic rings. The molecule has 26 heavy (non-hydrogen) atoms. The van der Waals surface area contributed by atoms with Crippen molar-refractivity contribution < 1.29 is 9.59 Å². The van der Waals surface area contributed by atoms with E-state index in [2.05, 4.69) is 10.6 Å². The van der Waals surface area contributed by atoms with E-state index >= 15 is 0 Å². The Labute approximate surface area is 155 Å². The maximum Gasteiger partial charge on any atom is 0.250 e. The Hall–Kier alpha value is -2.62. The monoisotopic (exact) mass is 350 g/mol. The van der Waals surface area contributed by atoms with E-state index in [9.17, 15) is 9.59 Å². The third kappa shape index (κ3) is 4.51. The molecule has 2 N–H and O–H groups in total. The number of nitrogens with one attached hydrogen (secondary N) is 2. The Morgan fingerprint density at radius 2 is 1.69 bits per heavy atom. The number of hydrogen-bond acceptors (Lipinski definition) is 2. The fraction of sp³-hybridized carbons (Fsp3) is 0.364. The standard InChI is InChI=1S/C22H26N2O2/c1-17-9-8-12-19(15-17)23-21(26)22(13-6-3-7-14-22)24-20(25)16-18-10-4-2-5-11-18/h2,4-5,8-12,15H,3,6-7,13-14,16H2,1H3,(H,23,26)(H,24,25). The van der Waals surface area contributed by atoms with Crippen molar-refractivity contribution in [2.45, 2.75) is 51.0 Å². The molecule has 0 aromatic heterocycles. The summed E-state index contributed by atoms with van der Waals surface area (Å²) in [6.45, 7) is 1.99. The van der Waals surface area contributed by atoms with Crippen LogP contribution in [0.2, 0.25) is 0 Å². The summed E-state index contributed by atoms with van der Waals surface area (Å²) in [5.41, 5.74) is 2.01. The van der Waals surface area contributed by atoms with Gasteiger partial charge in [0, 0.05) is 5.69 Å². The molecule has 0 atom stereocenters. The molecule has 0 saturated heterocycles. The highest BCUT2D eigenvalue weighted by atomic mass is 16.2. The number of carbonyl (C=O) groups excluding carboxylic acids is 2. The summed E-state index contributed by atoms with van der Waals surface area (Å²) < 4.78 is 0. The minimum atomic E-state index is -0.812. The number of carbonyl (C=O) groups is 2.